The molecule has 0 amide bonds. The molecule has 0 aromatic heterocycles. The molecule has 0 aliphatic carbocycles. The van der Waals surface area contributed by atoms with Crippen LogP contribution in [0.4, 0.5) is 0 Å². The van der Waals surface area contributed by atoms with Gasteiger partial charge in [-0.15, -0.1) is 0 Å². The van der Waals surface area contributed by atoms with Crippen LogP contribution >= 0.6 is 0 Å². The zero-order valence-corrected chi connectivity index (χ0v) is 21.0. The lowest BCUT2D eigenvalue weighted by Gasteiger charge is -2.36. The van der Waals surface area contributed by atoms with Gasteiger partial charge in [0.2, 0.25) is 6.10 Å². The molecule has 4 unspecified atom stereocenters. The monoisotopic (exact) mass is 574 g/mol. The highest BCUT2D eigenvalue weighted by Gasteiger charge is 2.56. The van der Waals surface area contributed by atoms with Gasteiger partial charge in [-0.25, -0.2) is 19.2 Å². The van der Waals surface area contributed by atoms with E-state index < -0.39 is 84.8 Å². The molecule has 4 atom stereocenters. The first-order valence-electron chi connectivity index (χ1n) is 11.5. The Kier molecular flexibility index (Phi) is 9.92. The van der Waals surface area contributed by atoms with Crippen molar-refractivity contribution in [2.75, 3.05) is 13.1 Å². The van der Waals surface area contributed by atoms with Gasteiger partial charge < -0.3 is 51.7 Å². The van der Waals surface area contributed by atoms with Gasteiger partial charge in [-0.2, -0.15) is 0 Å². The van der Waals surface area contributed by atoms with Crippen molar-refractivity contribution in [3.63, 3.8) is 0 Å². The van der Waals surface area contributed by atoms with Crippen LogP contribution < -0.4 is 34.4 Å². The number of hydrogen-bond donors (Lipinski definition) is 7. The van der Waals surface area contributed by atoms with Crippen molar-refractivity contribution in [3.8, 4) is 0 Å². The third kappa shape index (κ3) is 8.22. The first kappa shape index (κ1) is 31.7. The topological polar surface area (TPSA) is 350 Å². The Morgan fingerprint density at radius 3 is 1.82 bits per heavy atom. The van der Waals surface area contributed by atoms with E-state index in [0.29, 0.717) is 0 Å². The number of aliphatic hydroxyl groups is 1. The molecule has 0 aromatic rings. The highest BCUT2D eigenvalue weighted by molar-refractivity contribution is 5.97. The number of nitrogens with zero attached hydrogens (tertiary/aromatic N) is 2. The number of hydrogen-bond acceptors (Lipinski definition) is 16. The van der Waals surface area contributed by atoms with Gasteiger partial charge in [-0.1, -0.05) is 0 Å². The predicted octanol–water partition coefficient (Wildman–Crippen LogP) is -5.49. The van der Waals surface area contributed by atoms with E-state index in [1.165, 1.54) is 0 Å². The molecule has 0 spiro atoms. The lowest BCUT2D eigenvalue weighted by atomic mass is 10.1. The van der Waals surface area contributed by atoms with Gasteiger partial charge in [0, 0.05) is 25.9 Å². The standard InChI is InChI=1S/C20H30N8O12/c21-16(22)27-5-1-3-18(25)13(32)36-9-7-10(29)37-11(30)8-20(35,15(34)39-18)40-14(33)19(26,38-12(9)31)4-2-6-28-17(23)24/h9,35H,1-8,25-26H2,(H4,21,22,27)(H4,23,24,28). The van der Waals surface area contributed by atoms with E-state index in [0.717, 1.165) is 0 Å². The van der Waals surface area contributed by atoms with Gasteiger partial charge in [0.1, 0.15) is 6.42 Å². The fraction of sp³-hybridized carbons (Fsp3) is 0.600. The number of carbonyl (C=O) groups excluding carboxylic acids is 6. The van der Waals surface area contributed by atoms with E-state index in [1.54, 1.807) is 0 Å². The maximum Gasteiger partial charge on any atom is 0.382 e. The smallest absolute Gasteiger partial charge is 0.382 e. The van der Waals surface area contributed by atoms with Crippen LogP contribution in [0.5, 0.6) is 0 Å². The zero-order chi connectivity index (χ0) is 30.3. The first-order chi connectivity index (χ1) is 18.5. The SMILES string of the molecule is NC(N)=NCCCC1(N)OC(=O)C2CC(=O)OC(=O)CC(O)(OC1=O)C(=O)OC(N)(CCCN=C(N)N)C(=O)O2. The minimum atomic E-state index is -3.59. The average molecular weight is 575 g/mol. The summed E-state index contributed by atoms with van der Waals surface area (Å²) in [5, 5.41) is 11.0. The Hall–Kier alpha value is -4.56. The molecule has 3 saturated heterocycles. The van der Waals surface area contributed by atoms with Crippen LogP contribution in [-0.2, 0) is 52.5 Å². The highest BCUT2D eigenvalue weighted by Crippen LogP contribution is 2.28. The molecular formula is C20H30N8O12. The van der Waals surface area contributed by atoms with Gasteiger partial charge in [0.15, 0.2) is 11.9 Å². The van der Waals surface area contributed by atoms with Crippen molar-refractivity contribution >= 4 is 47.7 Å². The van der Waals surface area contributed by atoms with Crippen molar-refractivity contribution in [1.82, 2.24) is 0 Å². The summed E-state index contributed by atoms with van der Waals surface area (Å²) in [4.78, 5) is 84.1. The van der Waals surface area contributed by atoms with Crippen molar-refractivity contribution in [3.05, 3.63) is 0 Å². The van der Waals surface area contributed by atoms with E-state index in [4.69, 9.17) is 53.3 Å². The Morgan fingerprint density at radius 1 is 0.775 bits per heavy atom. The van der Waals surface area contributed by atoms with E-state index in [1.807, 2.05) is 0 Å². The second-order valence-corrected chi connectivity index (χ2v) is 8.70. The van der Waals surface area contributed by atoms with Gasteiger partial charge >= 0.3 is 41.6 Å². The quantitative estimate of drug-likeness (QED) is 0.0355. The molecule has 0 aromatic carbocycles. The number of carbonyl (C=O) groups is 6. The van der Waals surface area contributed by atoms with E-state index in [9.17, 15) is 33.9 Å². The highest BCUT2D eigenvalue weighted by atomic mass is 16.7. The van der Waals surface area contributed by atoms with Crippen LogP contribution in [0, 0.1) is 0 Å². The first-order valence-corrected chi connectivity index (χ1v) is 11.5. The molecule has 20 heteroatoms. The number of fused-ring (bicyclic) bond motifs is 12. The van der Waals surface area contributed by atoms with Gasteiger partial charge in [-0.05, 0) is 12.8 Å². The maximum absolute atomic E-state index is 13.1. The number of ether oxygens (including phenoxy) is 5. The Balaban J connectivity index is 2.58. The summed E-state index contributed by atoms with van der Waals surface area (Å²) in [5.41, 5.74) is 27.3. The van der Waals surface area contributed by atoms with Crippen molar-refractivity contribution < 1.29 is 57.6 Å². The van der Waals surface area contributed by atoms with E-state index >= 15 is 0 Å². The summed E-state index contributed by atoms with van der Waals surface area (Å²) in [5.74, 6) is -14.1. The summed E-state index contributed by atoms with van der Waals surface area (Å²) in [6, 6.07) is 0. The van der Waals surface area contributed by atoms with Crippen LogP contribution in [0.25, 0.3) is 0 Å². The summed E-state index contributed by atoms with van der Waals surface area (Å²) < 4.78 is 24.2. The molecule has 13 N–H and O–H groups in total. The van der Waals surface area contributed by atoms with Crippen LogP contribution in [-0.4, -0.2) is 89.3 Å². The van der Waals surface area contributed by atoms with Gasteiger partial charge in [0.25, 0.3) is 11.4 Å². The van der Waals surface area contributed by atoms with Crippen molar-refractivity contribution in [1.29, 1.82) is 0 Å². The normalized spacial score (nSPS) is 29.5. The molecule has 2 bridgehead atoms. The van der Waals surface area contributed by atoms with Crippen LogP contribution in [0.3, 0.4) is 0 Å². The summed E-state index contributed by atoms with van der Waals surface area (Å²) in [6.07, 6.45) is -6.29. The fourth-order valence-corrected chi connectivity index (χ4v) is 3.32. The third-order valence-electron chi connectivity index (χ3n) is 5.31. The minimum absolute atomic E-state index is 0.128. The lowest BCUT2D eigenvalue weighted by Crippen LogP contribution is -2.63. The Labute approximate surface area is 225 Å². The Bertz CT molecular complexity index is 1100. The molecule has 0 saturated carbocycles. The number of guanidine groups is 2. The summed E-state index contributed by atoms with van der Waals surface area (Å²) >= 11 is 0. The summed E-state index contributed by atoms with van der Waals surface area (Å²) in [6.45, 7) is -0.256. The second-order valence-electron chi connectivity index (χ2n) is 8.70. The molecule has 20 nitrogen and oxygen atoms in total. The van der Waals surface area contributed by atoms with E-state index in [2.05, 4.69) is 14.7 Å². The van der Waals surface area contributed by atoms with Gasteiger partial charge in [0.05, 0.1) is 6.42 Å². The molecule has 0 radical (unpaired) electrons. The molecular weight excluding hydrogens is 544 g/mol. The zero-order valence-electron chi connectivity index (χ0n) is 21.0. The largest absolute Gasteiger partial charge is 0.446 e. The van der Waals surface area contributed by atoms with Crippen LogP contribution in [0.15, 0.2) is 9.98 Å². The molecule has 3 fully saturated rings. The summed E-state index contributed by atoms with van der Waals surface area (Å²) in [7, 11) is 0. The second kappa shape index (κ2) is 12.5. The molecule has 3 heterocycles. The molecule has 40 heavy (non-hydrogen) atoms. The lowest BCUT2D eigenvalue weighted by molar-refractivity contribution is -0.254. The fourth-order valence-electron chi connectivity index (χ4n) is 3.32. The Morgan fingerprint density at radius 2 is 1.30 bits per heavy atom. The number of nitrogens with two attached hydrogens (primary N) is 6. The van der Waals surface area contributed by atoms with Crippen molar-refractivity contribution in [2.45, 2.75) is 61.9 Å². The maximum atomic E-state index is 13.1. The predicted molar refractivity (Wildman–Crippen MR) is 127 cm³/mol. The molecule has 222 valence electrons. The molecule has 3 aliphatic heterocycles. The van der Waals surface area contributed by atoms with Crippen molar-refractivity contribution in [2.24, 2.45) is 44.4 Å². The number of esters is 6. The molecule has 3 rings (SSSR count). The molecule has 3 aliphatic rings. The van der Waals surface area contributed by atoms with Crippen LogP contribution in [0.2, 0.25) is 0 Å². The van der Waals surface area contributed by atoms with Crippen LogP contribution in [0.1, 0.15) is 38.5 Å². The van der Waals surface area contributed by atoms with Gasteiger partial charge in [-0.3, -0.25) is 31.0 Å². The third-order valence-corrected chi connectivity index (χ3v) is 5.31. The minimum Gasteiger partial charge on any atom is -0.446 e. The number of rotatable bonds is 8. The van der Waals surface area contributed by atoms with E-state index in [-0.39, 0.29) is 37.9 Å². The average Bonchev–Trinajstić information content (AvgIpc) is 2.82. The number of aliphatic imine (C=N–C) groups is 2.